The molecule has 0 heterocycles. The van der Waals surface area contributed by atoms with Crippen molar-refractivity contribution < 1.29 is 4.39 Å². The summed E-state index contributed by atoms with van der Waals surface area (Å²) in [5.41, 5.74) is 7.52. The Morgan fingerprint density at radius 1 is 1.11 bits per heavy atom. The summed E-state index contributed by atoms with van der Waals surface area (Å²) >= 11 is 2.27. The highest BCUT2D eigenvalue weighted by Crippen LogP contribution is 2.28. The summed E-state index contributed by atoms with van der Waals surface area (Å²) < 4.78 is 15.1. The first-order valence-corrected chi connectivity index (χ1v) is 7.41. The molecule has 0 saturated heterocycles. The maximum absolute atomic E-state index is 14.0. The second-order valence-electron chi connectivity index (χ2n) is 4.79. The summed E-state index contributed by atoms with van der Waals surface area (Å²) in [6.07, 6.45) is 1.33. The highest BCUT2D eigenvalue weighted by atomic mass is 127. The molecule has 0 aliphatic heterocycles. The minimum absolute atomic E-state index is 0.225. The van der Waals surface area contributed by atoms with E-state index >= 15 is 0 Å². The van der Waals surface area contributed by atoms with E-state index in [-0.39, 0.29) is 5.82 Å². The maximum atomic E-state index is 14.0. The molecule has 1 atom stereocenters. The Morgan fingerprint density at radius 3 is 2.32 bits per heavy atom. The molecule has 0 aliphatic carbocycles. The zero-order valence-corrected chi connectivity index (χ0v) is 13.0. The monoisotopic (exact) mass is 369 g/mol. The standard InChI is InChI=1S/C16H17FIN/c1-2-16(19,14-5-3-4-6-15(14)17)11-12-7-9-13(18)10-8-12/h3-10H,2,11,19H2,1H3. The van der Waals surface area contributed by atoms with Crippen molar-refractivity contribution in [1.82, 2.24) is 0 Å². The lowest BCUT2D eigenvalue weighted by Crippen LogP contribution is -2.39. The Kier molecular flexibility index (Phi) is 4.58. The minimum Gasteiger partial charge on any atom is -0.321 e. The lowest BCUT2D eigenvalue weighted by atomic mass is 9.82. The van der Waals surface area contributed by atoms with Gasteiger partial charge in [0.05, 0.1) is 0 Å². The van der Waals surface area contributed by atoms with Crippen LogP contribution in [0.25, 0.3) is 0 Å². The van der Waals surface area contributed by atoms with Gasteiger partial charge >= 0.3 is 0 Å². The SMILES string of the molecule is CCC(N)(Cc1ccc(I)cc1)c1ccccc1F. The molecule has 3 heteroatoms. The van der Waals surface area contributed by atoms with E-state index in [1.807, 2.05) is 25.1 Å². The molecule has 1 unspecified atom stereocenters. The summed E-state index contributed by atoms with van der Waals surface area (Å²) in [5.74, 6) is -0.225. The van der Waals surface area contributed by atoms with Gasteiger partial charge in [0, 0.05) is 14.7 Å². The van der Waals surface area contributed by atoms with Gasteiger partial charge in [-0.15, -0.1) is 0 Å². The molecular weight excluding hydrogens is 352 g/mol. The van der Waals surface area contributed by atoms with Crippen molar-refractivity contribution in [2.24, 2.45) is 5.73 Å². The predicted octanol–water partition coefficient (Wildman–Crippen LogP) is 4.24. The Bertz CT molecular complexity index is 553. The average molecular weight is 369 g/mol. The molecule has 0 radical (unpaired) electrons. The Balaban J connectivity index is 2.33. The van der Waals surface area contributed by atoms with Crippen LogP contribution in [0.5, 0.6) is 0 Å². The van der Waals surface area contributed by atoms with Crippen molar-refractivity contribution in [2.45, 2.75) is 25.3 Å². The number of nitrogens with two attached hydrogens (primary N) is 1. The summed E-state index contributed by atoms with van der Waals surface area (Å²) in [4.78, 5) is 0. The van der Waals surface area contributed by atoms with Crippen LogP contribution >= 0.6 is 22.6 Å². The van der Waals surface area contributed by atoms with Gasteiger partial charge in [0.25, 0.3) is 0 Å². The van der Waals surface area contributed by atoms with Crippen LogP contribution in [0.4, 0.5) is 4.39 Å². The molecule has 1 nitrogen and oxygen atoms in total. The van der Waals surface area contributed by atoms with E-state index in [0.29, 0.717) is 18.4 Å². The lowest BCUT2D eigenvalue weighted by molar-refractivity contribution is 0.402. The topological polar surface area (TPSA) is 26.0 Å². The van der Waals surface area contributed by atoms with E-state index in [1.165, 1.54) is 9.64 Å². The summed E-state index contributed by atoms with van der Waals surface area (Å²) in [6.45, 7) is 2.00. The first kappa shape index (κ1) is 14.5. The summed E-state index contributed by atoms with van der Waals surface area (Å²) in [6, 6.07) is 15.0. The first-order chi connectivity index (χ1) is 9.05. The number of hydrogen-bond acceptors (Lipinski definition) is 1. The Morgan fingerprint density at radius 2 is 1.74 bits per heavy atom. The zero-order chi connectivity index (χ0) is 13.9. The predicted molar refractivity (Wildman–Crippen MR) is 85.4 cm³/mol. The van der Waals surface area contributed by atoms with Crippen molar-refractivity contribution in [1.29, 1.82) is 0 Å². The van der Waals surface area contributed by atoms with Gasteiger partial charge in [-0.05, 0) is 59.2 Å². The van der Waals surface area contributed by atoms with Crippen LogP contribution in [0, 0.1) is 9.39 Å². The van der Waals surface area contributed by atoms with Gasteiger partial charge in [-0.2, -0.15) is 0 Å². The van der Waals surface area contributed by atoms with Crippen molar-refractivity contribution in [3.63, 3.8) is 0 Å². The largest absolute Gasteiger partial charge is 0.321 e. The van der Waals surface area contributed by atoms with E-state index in [9.17, 15) is 4.39 Å². The molecule has 0 bridgehead atoms. The lowest BCUT2D eigenvalue weighted by Gasteiger charge is -2.29. The minimum atomic E-state index is -0.655. The van der Waals surface area contributed by atoms with E-state index in [1.54, 1.807) is 12.1 Å². The molecule has 2 aromatic rings. The van der Waals surface area contributed by atoms with E-state index in [0.717, 1.165) is 5.56 Å². The van der Waals surface area contributed by atoms with Crippen molar-refractivity contribution >= 4 is 22.6 Å². The van der Waals surface area contributed by atoms with Gasteiger partial charge in [-0.3, -0.25) is 0 Å². The third kappa shape index (κ3) is 3.34. The van der Waals surface area contributed by atoms with Gasteiger partial charge in [-0.1, -0.05) is 37.3 Å². The molecule has 0 fully saturated rings. The van der Waals surface area contributed by atoms with E-state index < -0.39 is 5.54 Å². The third-order valence-electron chi connectivity index (χ3n) is 3.47. The Labute approximate surface area is 127 Å². The van der Waals surface area contributed by atoms with Crippen LogP contribution in [-0.4, -0.2) is 0 Å². The van der Waals surface area contributed by atoms with Crippen LogP contribution in [0.2, 0.25) is 0 Å². The average Bonchev–Trinajstić information content (AvgIpc) is 2.42. The first-order valence-electron chi connectivity index (χ1n) is 6.33. The van der Waals surface area contributed by atoms with Crippen molar-refractivity contribution in [2.75, 3.05) is 0 Å². The maximum Gasteiger partial charge on any atom is 0.128 e. The van der Waals surface area contributed by atoms with Crippen LogP contribution < -0.4 is 5.73 Å². The molecule has 0 aromatic heterocycles. The molecule has 19 heavy (non-hydrogen) atoms. The summed E-state index contributed by atoms with van der Waals surface area (Å²) in [5, 5.41) is 0. The quantitative estimate of drug-likeness (QED) is 0.802. The molecule has 0 saturated carbocycles. The zero-order valence-electron chi connectivity index (χ0n) is 10.9. The van der Waals surface area contributed by atoms with Crippen molar-refractivity contribution in [3.05, 3.63) is 69.0 Å². The number of hydrogen-bond donors (Lipinski definition) is 1. The molecular formula is C16H17FIN. The van der Waals surface area contributed by atoms with Gasteiger partial charge in [0.1, 0.15) is 5.82 Å². The summed E-state index contributed by atoms with van der Waals surface area (Å²) in [7, 11) is 0. The highest BCUT2D eigenvalue weighted by Gasteiger charge is 2.28. The van der Waals surface area contributed by atoms with Crippen LogP contribution in [-0.2, 0) is 12.0 Å². The van der Waals surface area contributed by atoms with Gasteiger partial charge in [0.2, 0.25) is 0 Å². The van der Waals surface area contributed by atoms with Crippen LogP contribution in [0.15, 0.2) is 48.5 Å². The molecule has 2 aromatic carbocycles. The molecule has 2 N–H and O–H groups in total. The molecule has 0 aliphatic rings. The fraction of sp³-hybridized carbons (Fsp3) is 0.250. The Hall–Kier alpha value is -0.940. The number of benzene rings is 2. The second-order valence-corrected chi connectivity index (χ2v) is 6.04. The normalized spacial score (nSPS) is 14.1. The van der Waals surface area contributed by atoms with Crippen LogP contribution in [0.3, 0.4) is 0 Å². The molecule has 100 valence electrons. The molecule has 2 rings (SSSR count). The van der Waals surface area contributed by atoms with E-state index in [4.69, 9.17) is 5.73 Å². The number of halogens is 2. The number of rotatable bonds is 4. The van der Waals surface area contributed by atoms with Crippen LogP contribution in [0.1, 0.15) is 24.5 Å². The van der Waals surface area contributed by atoms with Crippen molar-refractivity contribution in [3.8, 4) is 0 Å². The fourth-order valence-corrected chi connectivity index (χ4v) is 2.60. The molecule has 0 amide bonds. The van der Waals surface area contributed by atoms with Gasteiger partial charge in [-0.25, -0.2) is 4.39 Å². The van der Waals surface area contributed by atoms with E-state index in [2.05, 4.69) is 34.7 Å². The third-order valence-corrected chi connectivity index (χ3v) is 4.19. The van der Waals surface area contributed by atoms with Gasteiger partial charge in [0.15, 0.2) is 0 Å². The van der Waals surface area contributed by atoms with Gasteiger partial charge < -0.3 is 5.73 Å². The molecule has 0 spiro atoms. The second kappa shape index (κ2) is 6.01. The smallest absolute Gasteiger partial charge is 0.128 e. The fourth-order valence-electron chi connectivity index (χ4n) is 2.24. The highest BCUT2D eigenvalue weighted by molar-refractivity contribution is 14.1.